The molecule has 2 saturated heterocycles. The molecule has 6 heteroatoms. The molecule has 0 aromatic rings. The van der Waals surface area contributed by atoms with Gasteiger partial charge in [-0.15, -0.1) is 0 Å². The Bertz CT molecular complexity index is 337. The molecule has 2 unspecified atom stereocenters. The van der Waals surface area contributed by atoms with Crippen LogP contribution < -0.4 is 10.6 Å². The highest BCUT2D eigenvalue weighted by Crippen LogP contribution is 2.26. The summed E-state index contributed by atoms with van der Waals surface area (Å²) >= 11 is 0. The van der Waals surface area contributed by atoms with Crippen molar-refractivity contribution in [2.45, 2.75) is 39.0 Å². The number of amides is 2. The molecule has 6 nitrogen and oxygen atoms in total. The van der Waals surface area contributed by atoms with Crippen LogP contribution in [0.2, 0.25) is 0 Å². The van der Waals surface area contributed by atoms with Gasteiger partial charge in [-0.1, -0.05) is 0 Å². The van der Waals surface area contributed by atoms with Crippen molar-refractivity contribution in [1.29, 1.82) is 0 Å². The normalized spacial score (nSPS) is 28.6. The number of rotatable bonds is 0. The summed E-state index contributed by atoms with van der Waals surface area (Å²) in [6.45, 7) is 6.46. The summed E-state index contributed by atoms with van der Waals surface area (Å²) in [5.74, 6) is -0.143. The van der Waals surface area contributed by atoms with Gasteiger partial charge in [0.25, 0.3) is 0 Å². The van der Waals surface area contributed by atoms with Crippen molar-refractivity contribution in [3.8, 4) is 0 Å². The molecular weight excluding hydrogens is 222 g/mol. The zero-order valence-corrected chi connectivity index (χ0v) is 10.4. The number of nitrogens with zero attached hydrogens (tertiary/aromatic N) is 1. The second kappa shape index (κ2) is 4.18. The van der Waals surface area contributed by atoms with Crippen molar-refractivity contribution in [2.24, 2.45) is 5.92 Å². The first-order chi connectivity index (χ1) is 7.88. The molecule has 2 atom stereocenters. The Morgan fingerprint density at radius 2 is 2.18 bits per heavy atom. The van der Waals surface area contributed by atoms with E-state index in [1.165, 1.54) is 0 Å². The minimum absolute atomic E-state index is 0.0137. The van der Waals surface area contributed by atoms with Crippen LogP contribution in [0.3, 0.4) is 0 Å². The van der Waals surface area contributed by atoms with Crippen molar-refractivity contribution >= 4 is 12.0 Å². The lowest BCUT2D eigenvalue weighted by molar-refractivity contribution is -0.128. The minimum atomic E-state index is -0.508. The monoisotopic (exact) mass is 241 g/mol. The molecule has 2 rings (SSSR count). The highest BCUT2D eigenvalue weighted by Gasteiger charge is 2.44. The van der Waals surface area contributed by atoms with Crippen LogP contribution in [0.25, 0.3) is 0 Å². The van der Waals surface area contributed by atoms with E-state index in [9.17, 15) is 9.59 Å². The fraction of sp³-hybridized carbons (Fsp3) is 0.818. The summed E-state index contributed by atoms with van der Waals surface area (Å²) in [5.41, 5.74) is -0.508. The van der Waals surface area contributed by atoms with Crippen LogP contribution in [0.5, 0.6) is 0 Å². The van der Waals surface area contributed by atoms with Crippen LogP contribution in [0.4, 0.5) is 4.79 Å². The van der Waals surface area contributed by atoms with Gasteiger partial charge in [-0.3, -0.25) is 15.0 Å². The zero-order chi connectivity index (χ0) is 12.6. The Morgan fingerprint density at radius 3 is 2.82 bits per heavy atom. The fourth-order valence-corrected chi connectivity index (χ4v) is 2.22. The molecule has 0 spiro atoms. The zero-order valence-electron chi connectivity index (χ0n) is 10.4. The SMILES string of the molecule is CC(C)(C)OC(=O)N1CCC2C(=O)NCNC21. The Labute approximate surface area is 101 Å². The topological polar surface area (TPSA) is 70.7 Å². The molecule has 0 aromatic heterocycles. The molecule has 17 heavy (non-hydrogen) atoms. The molecule has 0 saturated carbocycles. The third kappa shape index (κ3) is 2.52. The van der Waals surface area contributed by atoms with E-state index in [-0.39, 0.29) is 24.1 Å². The van der Waals surface area contributed by atoms with Crippen molar-refractivity contribution in [3.05, 3.63) is 0 Å². The summed E-state index contributed by atoms with van der Waals surface area (Å²) in [7, 11) is 0. The summed E-state index contributed by atoms with van der Waals surface area (Å²) < 4.78 is 5.32. The summed E-state index contributed by atoms with van der Waals surface area (Å²) in [4.78, 5) is 25.2. The highest BCUT2D eigenvalue weighted by atomic mass is 16.6. The van der Waals surface area contributed by atoms with E-state index in [0.29, 0.717) is 19.6 Å². The lowest BCUT2D eigenvalue weighted by Gasteiger charge is -2.33. The molecule has 0 radical (unpaired) electrons. The number of carbonyl (C=O) groups excluding carboxylic acids is 2. The van der Waals surface area contributed by atoms with Crippen LogP contribution in [0.1, 0.15) is 27.2 Å². The number of fused-ring (bicyclic) bond motifs is 1. The number of hydrogen-bond donors (Lipinski definition) is 2. The molecular formula is C11H19N3O3. The Kier molecular flexibility index (Phi) is 2.99. The molecule has 2 heterocycles. The van der Waals surface area contributed by atoms with Crippen LogP contribution in [0, 0.1) is 5.92 Å². The lowest BCUT2D eigenvalue weighted by Crippen LogP contribution is -2.59. The largest absolute Gasteiger partial charge is 0.444 e. The minimum Gasteiger partial charge on any atom is -0.444 e. The van der Waals surface area contributed by atoms with Crippen molar-refractivity contribution in [1.82, 2.24) is 15.5 Å². The lowest BCUT2D eigenvalue weighted by atomic mass is 10.0. The van der Waals surface area contributed by atoms with E-state index in [1.807, 2.05) is 20.8 Å². The molecule has 2 N–H and O–H groups in total. The van der Waals surface area contributed by atoms with E-state index in [1.54, 1.807) is 4.90 Å². The van der Waals surface area contributed by atoms with Crippen molar-refractivity contribution in [2.75, 3.05) is 13.2 Å². The standard InChI is InChI=1S/C11H19N3O3/c1-11(2,3)17-10(16)14-5-4-7-8(14)12-6-13-9(7)15/h7-8,12H,4-6H2,1-3H3,(H,13,15). The Balaban J connectivity index is 2.03. The maximum atomic E-state index is 12.0. The van der Waals surface area contributed by atoms with Crippen LogP contribution in [-0.4, -0.2) is 41.9 Å². The highest BCUT2D eigenvalue weighted by molar-refractivity contribution is 5.82. The third-order valence-electron chi connectivity index (χ3n) is 2.94. The van der Waals surface area contributed by atoms with Gasteiger partial charge in [0, 0.05) is 6.54 Å². The maximum Gasteiger partial charge on any atom is 0.411 e. The molecule has 0 bridgehead atoms. The maximum absolute atomic E-state index is 12.0. The molecule has 0 aromatic carbocycles. The van der Waals surface area contributed by atoms with Gasteiger partial charge in [-0.25, -0.2) is 4.79 Å². The van der Waals surface area contributed by atoms with E-state index in [4.69, 9.17) is 4.74 Å². The van der Waals surface area contributed by atoms with Gasteiger partial charge in [0.15, 0.2) is 0 Å². The van der Waals surface area contributed by atoms with Crippen LogP contribution in [-0.2, 0) is 9.53 Å². The van der Waals surface area contributed by atoms with E-state index in [0.717, 1.165) is 0 Å². The van der Waals surface area contributed by atoms with Gasteiger partial charge in [0.1, 0.15) is 5.60 Å². The summed E-state index contributed by atoms with van der Waals surface area (Å²) in [6, 6.07) is 0. The van der Waals surface area contributed by atoms with Crippen LogP contribution in [0.15, 0.2) is 0 Å². The molecule has 2 aliphatic heterocycles. The van der Waals surface area contributed by atoms with Crippen molar-refractivity contribution in [3.63, 3.8) is 0 Å². The number of carbonyl (C=O) groups is 2. The number of likely N-dealkylation sites (tertiary alicyclic amines) is 1. The number of hydrogen-bond acceptors (Lipinski definition) is 4. The second-order valence-corrected chi connectivity index (χ2v) is 5.44. The molecule has 2 aliphatic rings. The molecule has 0 aliphatic carbocycles. The summed E-state index contributed by atoms with van der Waals surface area (Å²) in [6.07, 6.45) is 0.105. The van der Waals surface area contributed by atoms with Gasteiger partial charge in [-0.2, -0.15) is 0 Å². The average molecular weight is 241 g/mol. The van der Waals surface area contributed by atoms with E-state index in [2.05, 4.69) is 10.6 Å². The van der Waals surface area contributed by atoms with Gasteiger partial charge in [0.05, 0.1) is 18.8 Å². The Morgan fingerprint density at radius 1 is 1.47 bits per heavy atom. The second-order valence-electron chi connectivity index (χ2n) is 5.44. The quantitative estimate of drug-likeness (QED) is 0.637. The number of ether oxygens (including phenoxy) is 1. The van der Waals surface area contributed by atoms with Gasteiger partial charge >= 0.3 is 6.09 Å². The smallest absolute Gasteiger partial charge is 0.411 e. The first-order valence-corrected chi connectivity index (χ1v) is 5.89. The molecule has 2 amide bonds. The van der Waals surface area contributed by atoms with Crippen molar-refractivity contribution < 1.29 is 14.3 Å². The molecule has 96 valence electrons. The Hall–Kier alpha value is -1.30. The van der Waals surface area contributed by atoms with Gasteiger partial charge in [0.2, 0.25) is 5.91 Å². The van der Waals surface area contributed by atoms with Crippen LogP contribution >= 0.6 is 0 Å². The van der Waals surface area contributed by atoms with E-state index < -0.39 is 5.60 Å². The van der Waals surface area contributed by atoms with E-state index >= 15 is 0 Å². The predicted octanol–water partition coefficient (Wildman–Crippen LogP) is 0.246. The first kappa shape index (κ1) is 12.2. The van der Waals surface area contributed by atoms with Gasteiger partial charge in [-0.05, 0) is 27.2 Å². The van der Waals surface area contributed by atoms with Gasteiger partial charge < -0.3 is 10.1 Å². The summed E-state index contributed by atoms with van der Waals surface area (Å²) in [5, 5.41) is 5.85. The predicted molar refractivity (Wildman–Crippen MR) is 61.0 cm³/mol. The average Bonchev–Trinajstić information content (AvgIpc) is 2.60. The first-order valence-electron chi connectivity index (χ1n) is 5.89. The fourth-order valence-electron chi connectivity index (χ4n) is 2.22. The molecule has 2 fully saturated rings. The third-order valence-corrected chi connectivity index (χ3v) is 2.94. The number of nitrogens with one attached hydrogen (secondary N) is 2.